The van der Waals surface area contributed by atoms with Gasteiger partial charge in [-0.3, -0.25) is 9.79 Å². The van der Waals surface area contributed by atoms with Crippen molar-refractivity contribution in [2.24, 2.45) is 10.9 Å². The first kappa shape index (κ1) is 24.9. The van der Waals surface area contributed by atoms with Crippen molar-refractivity contribution in [3.63, 3.8) is 0 Å². The van der Waals surface area contributed by atoms with E-state index >= 15 is 0 Å². The minimum absolute atomic E-state index is 0. The molecule has 0 radical (unpaired) electrons. The lowest BCUT2D eigenvalue weighted by atomic mass is 10.1. The van der Waals surface area contributed by atoms with Crippen LogP contribution < -0.4 is 16.0 Å². The summed E-state index contributed by atoms with van der Waals surface area (Å²) in [4.78, 5) is 16.3. The van der Waals surface area contributed by atoms with Crippen LogP contribution in [0, 0.1) is 18.7 Å². The van der Waals surface area contributed by atoms with E-state index in [1.807, 2.05) is 44.2 Å². The number of nitrogens with one attached hydrogen (secondary N) is 3. The highest BCUT2D eigenvalue weighted by Gasteiger charge is 2.10. The van der Waals surface area contributed by atoms with E-state index < -0.39 is 0 Å². The molecule has 7 heteroatoms. The van der Waals surface area contributed by atoms with Crippen LogP contribution in [0.4, 0.5) is 10.1 Å². The number of aryl methyl sites for hydroxylation is 1. The van der Waals surface area contributed by atoms with Crippen molar-refractivity contribution in [2.45, 2.75) is 40.3 Å². The van der Waals surface area contributed by atoms with Gasteiger partial charge in [0.15, 0.2) is 5.96 Å². The highest BCUT2D eigenvalue weighted by atomic mass is 127. The summed E-state index contributed by atoms with van der Waals surface area (Å²) >= 11 is 0. The van der Waals surface area contributed by atoms with Gasteiger partial charge in [0.05, 0.1) is 0 Å². The zero-order chi connectivity index (χ0) is 20.5. The molecule has 0 aliphatic carbocycles. The summed E-state index contributed by atoms with van der Waals surface area (Å²) < 4.78 is 13.4. The van der Waals surface area contributed by atoms with Crippen LogP contribution in [0.1, 0.15) is 37.0 Å². The van der Waals surface area contributed by atoms with Gasteiger partial charge in [0, 0.05) is 31.7 Å². The lowest BCUT2D eigenvalue weighted by molar-refractivity contribution is -0.119. The van der Waals surface area contributed by atoms with Crippen LogP contribution in [0.15, 0.2) is 47.5 Å². The van der Waals surface area contributed by atoms with E-state index in [4.69, 9.17) is 0 Å². The van der Waals surface area contributed by atoms with Gasteiger partial charge in [0.1, 0.15) is 5.82 Å². The average Bonchev–Trinajstić information content (AvgIpc) is 2.70. The Morgan fingerprint density at radius 3 is 2.34 bits per heavy atom. The Bertz CT molecular complexity index is 841. The number of amides is 1. The maximum absolute atomic E-state index is 13.4. The summed E-state index contributed by atoms with van der Waals surface area (Å²) in [5.74, 6) is 0.460. The molecule has 1 amide bonds. The summed E-state index contributed by atoms with van der Waals surface area (Å²) in [5, 5.41) is 9.42. The van der Waals surface area contributed by atoms with Gasteiger partial charge in [0.25, 0.3) is 0 Å². The van der Waals surface area contributed by atoms with Crippen molar-refractivity contribution in [1.82, 2.24) is 10.6 Å². The second kappa shape index (κ2) is 12.4. The van der Waals surface area contributed by atoms with Gasteiger partial charge in [0.2, 0.25) is 5.91 Å². The number of carbonyl (C=O) groups is 1. The highest BCUT2D eigenvalue weighted by molar-refractivity contribution is 14.0. The maximum Gasteiger partial charge on any atom is 0.227 e. The number of benzene rings is 2. The fourth-order valence-corrected chi connectivity index (χ4v) is 2.62. The fraction of sp³-hybridized carbons (Fsp3) is 0.364. The van der Waals surface area contributed by atoms with Crippen molar-refractivity contribution in [3.8, 4) is 0 Å². The molecule has 0 fully saturated rings. The van der Waals surface area contributed by atoms with Crippen LogP contribution in [0.2, 0.25) is 0 Å². The van der Waals surface area contributed by atoms with Crippen LogP contribution in [0.3, 0.4) is 0 Å². The van der Waals surface area contributed by atoms with Crippen LogP contribution in [-0.2, 0) is 17.9 Å². The van der Waals surface area contributed by atoms with Gasteiger partial charge in [-0.05, 0) is 48.2 Å². The number of halogens is 2. The molecule has 158 valence electrons. The molecule has 3 N–H and O–H groups in total. The minimum atomic E-state index is -0.202. The Morgan fingerprint density at radius 1 is 1.10 bits per heavy atom. The van der Waals surface area contributed by atoms with Gasteiger partial charge in [-0.15, -0.1) is 24.0 Å². The van der Waals surface area contributed by atoms with Gasteiger partial charge in [-0.25, -0.2) is 4.39 Å². The van der Waals surface area contributed by atoms with Crippen molar-refractivity contribution >= 4 is 41.5 Å². The van der Waals surface area contributed by atoms with E-state index in [1.165, 1.54) is 6.07 Å². The first-order valence-electron chi connectivity index (χ1n) is 9.52. The summed E-state index contributed by atoms with van der Waals surface area (Å²) in [5.41, 5.74) is 3.42. The van der Waals surface area contributed by atoms with Gasteiger partial charge in [-0.1, -0.05) is 38.1 Å². The Hall–Kier alpha value is -2.16. The molecule has 0 saturated carbocycles. The normalized spacial score (nSPS) is 12.0. The molecular formula is C22H30FIN4O. The third kappa shape index (κ3) is 8.00. The molecule has 0 saturated heterocycles. The molecule has 2 aromatic carbocycles. The topological polar surface area (TPSA) is 65.5 Å². The van der Waals surface area contributed by atoms with Crippen molar-refractivity contribution < 1.29 is 9.18 Å². The minimum Gasteiger partial charge on any atom is -0.352 e. The van der Waals surface area contributed by atoms with Crippen molar-refractivity contribution in [2.75, 3.05) is 12.4 Å². The lowest BCUT2D eigenvalue weighted by Gasteiger charge is -2.14. The SMILES string of the molecule is CCC(C)C(=O)Nc1cccc(CNC(=NC)NCc2ccc(F)c(C)c2)c1.I. The van der Waals surface area contributed by atoms with Gasteiger partial charge >= 0.3 is 0 Å². The Morgan fingerprint density at radius 2 is 1.76 bits per heavy atom. The van der Waals surface area contributed by atoms with E-state index in [9.17, 15) is 9.18 Å². The standard InChI is InChI=1S/C22H29FN4O.HI/c1-5-15(2)21(28)27-19-8-6-7-17(12-19)13-25-22(24-4)26-14-18-9-10-20(23)16(3)11-18;/h6-12,15H,5,13-14H2,1-4H3,(H,27,28)(H2,24,25,26);1H. The third-order valence-corrected chi connectivity index (χ3v) is 4.62. The van der Waals surface area contributed by atoms with Crippen LogP contribution in [0.25, 0.3) is 0 Å². The molecule has 0 spiro atoms. The summed E-state index contributed by atoms with van der Waals surface area (Å²) in [6, 6.07) is 12.8. The Labute approximate surface area is 189 Å². The summed E-state index contributed by atoms with van der Waals surface area (Å²) in [6.07, 6.45) is 0.808. The van der Waals surface area contributed by atoms with Crippen LogP contribution in [-0.4, -0.2) is 18.9 Å². The number of hydrogen-bond acceptors (Lipinski definition) is 2. The highest BCUT2D eigenvalue weighted by Crippen LogP contribution is 2.13. The maximum atomic E-state index is 13.4. The largest absolute Gasteiger partial charge is 0.352 e. The fourth-order valence-electron chi connectivity index (χ4n) is 2.62. The van der Waals surface area contributed by atoms with Crippen LogP contribution in [0.5, 0.6) is 0 Å². The first-order chi connectivity index (χ1) is 13.4. The first-order valence-corrected chi connectivity index (χ1v) is 9.52. The number of rotatable bonds is 7. The number of guanidine groups is 1. The zero-order valence-corrected chi connectivity index (χ0v) is 19.7. The third-order valence-electron chi connectivity index (χ3n) is 4.62. The Balaban J connectivity index is 0.00000420. The summed E-state index contributed by atoms with van der Waals surface area (Å²) in [6.45, 7) is 6.77. The molecule has 0 bridgehead atoms. The number of aliphatic imine (C=N–C) groups is 1. The number of hydrogen-bond donors (Lipinski definition) is 3. The molecule has 29 heavy (non-hydrogen) atoms. The predicted molar refractivity (Wildman–Crippen MR) is 128 cm³/mol. The molecule has 0 aliphatic heterocycles. The van der Waals surface area contributed by atoms with E-state index in [0.717, 1.165) is 23.2 Å². The molecule has 2 rings (SSSR count). The number of nitrogens with zero attached hydrogens (tertiary/aromatic N) is 1. The predicted octanol–water partition coefficient (Wildman–Crippen LogP) is 4.60. The molecule has 0 heterocycles. The number of anilines is 1. The molecule has 0 aliphatic rings. The molecule has 5 nitrogen and oxygen atoms in total. The van der Waals surface area contributed by atoms with E-state index in [2.05, 4.69) is 20.9 Å². The molecule has 1 atom stereocenters. The van der Waals surface area contributed by atoms with E-state index in [0.29, 0.717) is 24.6 Å². The smallest absolute Gasteiger partial charge is 0.227 e. The summed E-state index contributed by atoms with van der Waals surface area (Å²) in [7, 11) is 1.70. The molecule has 2 aromatic rings. The van der Waals surface area contributed by atoms with E-state index in [-0.39, 0.29) is 41.6 Å². The zero-order valence-electron chi connectivity index (χ0n) is 17.4. The van der Waals surface area contributed by atoms with Crippen LogP contribution >= 0.6 is 24.0 Å². The van der Waals surface area contributed by atoms with Gasteiger partial charge < -0.3 is 16.0 Å². The lowest BCUT2D eigenvalue weighted by Crippen LogP contribution is -2.36. The quantitative estimate of drug-likeness (QED) is 0.289. The Kier molecular flexibility index (Phi) is 10.6. The second-order valence-corrected chi connectivity index (χ2v) is 6.86. The monoisotopic (exact) mass is 512 g/mol. The van der Waals surface area contributed by atoms with E-state index in [1.54, 1.807) is 20.0 Å². The van der Waals surface area contributed by atoms with Gasteiger partial charge in [-0.2, -0.15) is 0 Å². The van der Waals surface area contributed by atoms with Crippen molar-refractivity contribution in [1.29, 1.82) is 0 Å². The molecule has 0 aromatic heterocycles. The average molecular weight is 512 g/mol. The van der Waals surface area contributed by atoms with Crippen molar-refractivity contribution in [3.05, 3.63) is 65.0 Å². The number of carbonyl (C=O) groups excluding carboxylic acids is 1. The molecular weight excluding hydrogens is 482 g/mol. The second-order valence-electron chi connectivity index (χ2n) is 6.86. The molecule has 1 unspecified atom stereocenters.